The zero-order chi connectivity index (χ0) is 22.2. The molecule has 2 aliphatic heterocycles. The van der Waals surface area contributed by atoms with Gasteiger partial charge in [0.2, 0.25) is 0 Å². The Morgan fingerprint density at radius 3 is 1.90 bits per heavy atom. The number of quaternary nitrogens is 1. The summed E-state index contributed by atoms with van der Waals surface area (Å²) in [4.78, 5) is 65.2. The Hall–Kier alpha value is -3.89. The van der Waals surface area contributed by atoms with E-state index < -0.39 is 46.6 Å². The van der Waals surface area contributed by atoms with E-state index >= 15 is 0 Å². The number of rotatable bonds is 5. The molecule has 2 saturated heterocycles. The number of nitrogens with one attached hydrogen (secondary N) is 1. The molecule has 2 aromatic rings. The Morgan fingerprint density at radius 2 is 1.42 bits per heavy atom. The van der Waals surface area contributed by atoms with Gasteiger partial charge in [-0.15, -0.1) is 0 Å². The predicted molar refractivity (Wildman–Crippen MR) is 101 cm³/mol. The van der Waals surface area contributed by atoms with E-state index in [4.69, 9.17) is 0 Å². The third kappa shape index (κ3) is 3.18. The van der Waals surface area contributed by atoms with E-state index in [0.29, 0.717) is 16.0 Å². The van der Waals surface area contributed by atoms with Gasteiger partial charge < -0.3 is 5.32 Å². The molecule has 2 aromatic carbocycles. The molecule has 2 heterocycles. The quantitative estimate of drug-likeness (QED) is 0.317. The molecule has 2 aliphatic rings. The maximum absolute atomic E-state index is 13.5. The maximum Gasteiger partial charge on any atom is 0.397 e. The van der Waals surface area contributed by atoms with Gasteiger partial charge in [0, 0.05) is 0 Å². The highest BCUT2D eigenvalue weighted by molar-refractivity contribution is 6.11. The van der Waals surface area contributed by atoms with E-state index in [1.807, 2.05) is 0 Å². The first kappa shape index (κ1) is 20.4. The fourth-order valence-electron chi connectivity index (χ4n) is 3.72. The molecule has 31 heavy (non-hydrogen) atoms. The van der Waals surface area contributed by atoms with Gasteiger partial charge in [-0.3, -0.25) is 9.69 Å². The van der Waals surface area contributed by atoms with Gasteiger partial charge in [-0.25, -0.2) is 24.0 Å². The second-order valence-corrected chi connectivity index (χ2v) is 7.13. The molecule has 0 spiro atoms. The molecule has 4 rings (SSSR count). The second-order valence-electron chi connectivity index (χ2n) is 7.13. The Balaban J connectivity index is 1.65. The number of carbonyl (C=O) groups excluding carboxylic acids is 5. The van der Waals surface area contributed by atoms with Crippen LogP contribution in [0, 0.1) is 0 Å². The zero-order valence-corrected chi connectivity index (χ0v) is 16.2. The molecule has 0 aromatic heterocycles. The Morgan fingerprint density at radius 1 is 0.935 bits per heavy atom. The van der Waals surface area contributed by atoms with Crippen molar-refractivity contribution in [1.82, 2.24) is 10.2 Å². The van der Waals surface area contributed by atoms with E-state index in [0.717, 1.165) is 0 Å². The molecular weight excluding hydrogens is 406 g/mol. The molecule has 0 atom stereocenters. The van der Waals surface area contributed by atoms with Crippen molar-refractivity contribution < 1.29 is 38.8 Å². The summed E-state index contributed by atoms with van der Waals surface area (Å²) in [5.41, 5.74) is -0.623. The molecule has 0 aliphatic carbocycles. The third-order valence-corrected chi connectivity index (χ3v) is 5.27. The van der Waals surface area contributed by atoms with E-state index in [2.05, 4.69) is 10.2 Å². The molecule has 0 bridgehead atoms. The lowest BCUT2D eigenvalue weighted by molar-refractivity contribution is -1.12. The number of urea groups is 1. The smallest absolute Gasteiger partial charge is 0.315 e. The number of carbonyl (C=O) groups is 5. The van der Waals surface area contributed by atoms with Gasteiger partial charge in [0.05, 0.1) is 12.8 Å². The summed E-state index contributed by atoms with van der Waals surface area (Å²) in [7, 11) is 0. The summed E-state index contributed by atoms with van der Waals surface area (Å²) < 4.78 is 0. The molecule has 10 nitrogen and oxygen atoms in total. The van der Waals surface area contributed by atoms with Crippen molar-refractivity contribution in [2.45, 2.75) is 18.4 Å². The van der Waals surface area contributed by atoms with Crippen LogP contribution in [0.15, 0.2) is 60.7 Å². The Labute approximate surface area is 176 Å². The van der Waals surface area contributed by atoms with Gasteiger partial charge in [-0.05, 0) is 11.1 Å². The van der Waals surface area contributed by atoms with Gasteiger partial charge in [-0.2, -0.15) is 5.21 Å². The molecular formula is C21H18N3O7+. The molecule has 10 heteroatoms. The van der Waals surface area contributed by atoms with Crippen molar-refractivity contribution in [2.24, 2.45) is 0 Å². The summed E-state index contributed by atoms with van der Waals surface area (Å²) >= 11 is 0. The van der Waals surface area contributed by atoms with Crippen molar-refractivity contribution in [2.75, 3.05) is 6.54 Å². The minimum Gasteiger partial charge on any atom is -0.315 e. The minimum atomic E-state index is -2.12. The standard InChI is InChI=1S/C21H17N3O7/c25-16-11-12-17(26)24(16,30)31-18(27)13-23-19(28)21(22-20(23)29,14-7-3-1-4-8-14)15-9-5-2-6-10-15/h1-10,30H,11-13H2/p+1. The van der Waals surface area contributed by atoms with Gasteiger partial charge >= 0.3 is 23.8 Å². The predicted octanol–water partition coefficient (Wildman–Crippen LogP) is 0.993. The van der Waals surface area contributed by atoms with Crippen LogP contribution in [0.4, 0.5) is 4.79 Å². The molecule has 2 fully saturated rings. The topological polar surface area (TPSA) is 130 Å². The van der Waals surface area contributed by atoms with Crippen molar-refractivity contribution in [3.05, 3.63) is 71.8 Å². The third-order valence-electron chi connectivity index (χ3n) is 5.27. The first-order valence-electron chi connectivity index (χ1n) is 9.45. The van der Waals surface area contributed by atoms with Crippen LogP contribution in [0.25, 0.3) is 0 Å². The van der Waals surface area contributed by atoms with Crippen molar-refractivity contribution in [3.63, 3.8) is 0 Å². The molecule has 2 N–H and O–H groups in total. The fourth-order valence-corrected chi connectivity index (χ4v) is 3.72. The number of hydrogen-bond donors (Lipinski definition) is 2. The summed E-state index contributed by atoms with van der Waals surface area (Å²) in [6.45, 7) is -0.896. The van der Waals surface area contributed by atoms with Crippen molar-refractivity contribution in [3.8, 4) is 0 Å². The monoisotopic (exact) mass is 424 g/mol. The Kier molecular flexibility index (Phi) is 4.88. The minimum absolute atomic E-state index is 0.281. The first-order chi connectivity index (χ1) is 14.8. The average molecular weight is 424 g/mol. The van der Waals surface area contributed by atoms with Gasteiger partial charge in [0.25, 0.3) is 5.91 Å². The van der Waals surface area contributed by atoms with Crippen LogP contribution in [0.2, 0.25) is 0 Å². The molecule has 5 amide bonds. The molecule has 0 radical (unpaired) electrons. The van der Waals surface area contributed by atoms with Crippen LogP contribution in [0.5, 0.6) is 0 Å². The Bertz CT molecular complexity index is 1030. The maximum atomic E-state index is 13.5. The second kappa shape index (κ2) is 7.42. The lowest BCUT2D eigenvalue weighted by Gasteiger charge is -2.27. The van der Waals surface area contributed by atoms with E-state index in [1.54, 1.807) is 60.7 Å². The highest BCUT2D eigenvalue weighted by atomic mass is 17.0. The average Bonchev–Trinajstić information content (AvgIpc) is 3.17. The normalized spacial score (nSPS) is 19.5. The highest BCUT2D eigenvalue weighted by Crippen LogP contribution is 2.36. The molecule has 0 unspecified atom stereocenters. The van der Waals surface area contributed by atoms with E-state index in [9.17, 15) is 29.2 Å². The number of benzene rings is 2. The van der Waals surface area contributed by atoms with Gasteiger partial charge in [0.1, 0.15) is 11.4 Å². The number of hydroxylamine groups is 4. The first-order valence-corrected chi connectivity index (χ1v) is 9.45. The van der Waals surface area contributed by atoms with Gasteiger partial charge in [0.15, 0.2) is 5.54 Å². The van der Waals surface area contributed by atoms with Crippen molar-refractivity contribution in [1.29, 1.82) is 0 Å². The van der Waals surface area contributed by atoms with Crippen LogP contribution in [0.3, 0.4) is 0 Å². The number of amides is 5. The van der Waals surface area contributed by atoms with E-state index in [-0.39, 0.29) is 12.8 Å². The fraction of sp³-hybridized carbons (Fsp3) is 0.190. The number of imide groups is 2. The zero-order valence-electron chi connectivity index (χ0n) is 16.2. The summed E-state index contributed by atoms with van der Waals surface area (Å²) in [6.07, 6.45) is -0.562. The molecule has 158 valence electrons. The van der Waals surface area contributed by atoms with Crippen LogP contribution >= 0.6 is 0 Å². The SMILES string of the molecule is O=C(CN1C(=O)NC(c2ccccc2)(c2ccccc2)C1=O)O[N+]1(O)C(=O)CCC1=O. The van der Waals surface area contributed by atoms with Crippen molar-refractivity contribution >= 4 is 29.7 Å². The number of hydrogen-bond acceptors (Lipinski definition) is 7. The van der Waals surface area contributed by atoms with Gasteiger partial charge in [-0.1, -0.05) is 60.7 Å². The van der Waals surface area contributed by atoms with E-state index in [1.165, 1.54) is 0 Å². The summed E-state index contributed by atoms with van der Waals surface area (Å²) in [6, 6.07) is 16.2. The largest absolute Gasteiger partial charge is 0.397 e. The van der Waals surface area contributed by atoms with Crippen LogP contribution in [0.1, 0.15) is 24.0 Å². The lowest BCUT2D eigenvalue weighted by Crippen LogP contribution is -2.52. The molecule has 0 saturated carbocycles. The van der Waals surface area contributed by atoms with Crippen LogP contribution in [-0.4, -0.2) is 51.2 Å². The van der Waals surface area contributed by atoms with Crippen LogP contribution < -0.4 is 5.32 Å². The summed E-state index contributed by atoms with van der Waals surface area (Å²) in [5, 5.41) is 12.7. The summed E-state index contributed by atoms with van der Waals surface area (Å²) in [5.74, 6) is -4.03. The lowest BCUT2D eigenvalue weighted by atomic mass is 9.82. The van der Waals surface area contributed by atoms with Crippen LogP contribution in [-0.2, 0) is 29.6 Å². The number of nitrogens with zero attached hydrogens (tertiary/aromatic N) is 2. The highest BCUT2D eigenvalue weighted by Gasteiger charge is 2.57.